The van der Waals surface area contributed by atoms with Crippen LogP contribution in [0.4, 0.5) is 5.82 Å². The van der Waals surface area contributed by atoms with E-state index in [1.54, 1.807) is 10.9 Å². The summed E-state index contributed by atoms with van der Waals surface area (Å²) in [4.78, 5) is 12.5. The molecule has 2 aliphatic heterocycles. The van der Waals surface area contributed by atoms with Gasteiger partial charge >= 0.3 is 0 Å². The molecule has 4 rings (SSSR count). The van der Waals surface area contributed by atoms with Gasteiger partial charge in [-0.1, -0.05) is 0 Å². The molecule has 0 amide bonds. The Bertz CT molecular complexity index is 732. The molecule has 3 N–H and O–H groups in total. The molecule has 0 aliphatic carbocycles. The summed E-state index contributed by atoms with van der Waals surface area (Å²) < 4.78 is 19.5. The number of ether oxygens (including phenoxy) is 3. The topological polar surface area (TPSA) is 118 Å². The van der Waals surface area contributed by atoms with Gasteiger partial charge in [0, 0.05) is 0 Å². The van der Waals surface area contributed by atoms with Crippen LogP contribution in [-0.2, 0) is 19.9 Å². The van der Waals surface area contributed by atoms with Crippen LogP contribution < -0.4 is 5.73 Å². The second kappa shape index (κ2) is 4.35. The third kappa shape index (κ3) is 1.70. The molecule has 0 saturated carbocycles. The van der Waals surface area contributed by atoms with Gasteiger partial charge in [-0.15, -0.1) is 0 Å². The molecule has 2 aromatic rings. The van der Waals surface area contributed by atoms with Crippen LogP contribution in [0.15, 0.2) is 12.7 Å². The minimum Gasteiger partial charge on any atom is -0.394 e. The van der Waals surface area contributed by atoms with Crippen LogP contribution in [0.3, 0.4) is 0 Å². The molecule has 4 heterocycles. The maximum atomic E-state index is 9.52. The molecule has 0 aromatic carbocycles. The van der Waals surface area contributed by atoms with Gasteiger partial charge < -0.3 is 25.1 Å². The zero-order valence-corrected chi connectivity index (χ0v) is 12.3. The standard InChI is InChI=1S/C13H17N5O4/c1-12(2)21-9-7(3-19)20-4-13(9,22-12)18-6-17-8-10(14)15-5-16-11(8)18/h5-7,9,19H,3-4H2,1-2H3,(H2,14,15,16). The minimum atomic E-state index is -0.938. The Balaban J connectivity index is 1.90. The lowest BCUT2D eigenvalue weighted by Gasteiger charge is -2.28. The number of nitrogens with zero attached hydrogens (tertiary/aromatic N) is 4. The Morgan fingerprint density at radius 1 is 1.41 bits per heavy atom. The second-order valence-corrected chi connectivity index (χ2v) is 5.96. The summed E-state index contributed by atoms with van der Waals surface area (Å²) in [5.74, 6) is -0.510. The molecule has 2 aromatic heterocycles. The lowest BCUT2D eigenvalue weighted by atomic mass is 10.1. The molecule has 3 unspecified atom stereocenters. The lowest BCUT2D eigenvalue weighted by Crippen LogP contribution is -2.44. The van der Waals surface area contributed by atoms with Crippen LogP contribution in [0, 0.1) is 0 Å². The fraction of sp³-hybridized carbons (Fsp3) is 0.615. The van der Waals surface area contributed by atoms with E-state index < -0.39 is 23.7 Å². The van der Waals surface area contributed by atoms with E-state index in [1.165, 1.54) is 6.33 Å². The van der Waals surface area contributed by atoms with Crippen LogP contribution in [0.2, 0.25) is 0 Å². The molecule has 0 bridgehead atoms. The van der Waals surface area contributed by atoms with Crippen molar-refractivity contribution in [1.82, 2.24) is 19.5 Å². The molecule has 0 spiro atoms. The SMILES string of the molecule is CC1(C)OC2C(CO)OCC2(n2cnc3c(N)ncnc32)O1. The highest BCUT2D eigenvalue weighted by Gasteiger charge is 2.62. The first-order valence-corrected chi connectivity index (χ1v) is 7.01. The largest absolute Gasteiger partial charge is 0.394 e. The zero-order valence-electron chi connectivity index (χ0n) is 12.3. The smallest absolute Gasteiger partial charge is 0.203 e. The average Bonchev–Trinajstić information content (AvgIpc) is 3.08. The summed E-state index contributed by atoms with van der Waals surface area (Å²) in [6.07, 6.45) is 2.03. The number of imidazole rings is 1. The van der Waals surface area contributed by atoms with Gasteiger partial charge in [0.2, 0.25) is 5.72 Å². The van der Waals surface area contributed by atoms with E-state index >= 15 is 0 Å². The van der Waals surface area contributed by atoms with Crippen LogP contribution >= 0.6 is 0 Å². The van der Waals surface area contributed by atoms with Gasteiger partial charge in [-0.05, 0) is 13.8 Å². The number of nitrogen functional groups attached to an aromatic ring is 1. The third-order valence-corrected chi connectivity index (χ3v) is 4.07. The van der Waals surface area contributed by atoms with Crippen molar-refractivity contribution in [3.05, 3.63) is 12.7 Å². The molecule has 2 fully saturated rings. The van der Waals surface area contributed by atoms with Crippen LogP contribution in [-0.4, -0.2) is 55.8 Å². The molecule has 0 radical (unpaired) electrons. The van der Waals surface area contributed by atoms with E-state index in [0.717, 1.165) is 0 Å². The van der Waals surface area contributed by atoms with E-state index in [-0.39, 0.29) is 13.2 Å². The minimum absolute atomic E-state index is 0.157. The number of aliphatic hydroxyl groups excluding tert-OH is 1. The Kier molecular flexibility index (Phi) is 2.74. The molecule has 22 heavy (non-hydrogen) atoms. The van der Waals surface area contributed by atoms with Crippen LogP contribution in [0.5, 0.6) is 0 Å². The van der Waals surface area contributed by atoms with E-state index in [2.05, 4.69) is 15.0 Å². The van der Waals surface area contributed by atoms with Gasteiger partial charge in [0.25, 0.3) is 0 Å². The van der Waals surface area contributed by atoms with Gasteiger partial charge in [0.1, 0.15) is 24.1 Å². The van der Waals surface area contributed by atoms with Gasteiger partial charge in [0.05, 0.1) is 19.5 Å². The predicted molar refractivity (Wildman–Crippen MR) is 74.6 cm³/mol. The molecule has 9 nitrogen and oxygen atoms in total. The van der Waals surface area contributed by atoms with Gasteiger partial charge in [-0.25, -0.2) is 15.0 Å². The van der Waals surface area contributed by atoms with Crippen molar-refractivity contribution in [3.8, 4) is 0 Å². The van der Waals surface area contributed by atoms with E-state index in [9.17, 15) is 5.11 Å². The number of nitrogens with two attached hydrogens (primary N) is 1. The number of fused-ring (bicyclic) bond motifs is 2. The number of aliphatic hydroxyl groups is 1. The Hall–Kier alpha value is -1.81. The summed E-state index contributed by atoms with van der Waals surface area (Å²) in [5.41, 5.74) is 5.94. The van der Waals surface area contributed by atoms with Gasteiger partial charge in [-0.2, -0.15) is 0 Å². The zero-order chi connectivity index (χ0) is 15.5. The molecule has 2 aliphatic rings. The summed E-state index contributed by atoms with van der Waals surface area (Å²) in [7, 11) is 0. The number of rotatable bonds is 2. The first-order chi connectivity index (χ1) is 10.5. The fourth-order valence-electron chi connectivity index (χ4n) is 3.23. The van der Waals surface area contributed by atoms with Crippen LogP contribution in [0.25, 0.3) is 11.2 Å². The highest BCUT2D eigenvalue weighted by molar-refractivity contribution is 5.81. The van der Waals surface area contributed by atoms with Gasteiger partial charge in [0.15, 0.2) is 17.3 Å². The lowest BCUT2D eigenvalue weighted by molar-refractivity contribution is -0.206. The molecule has 118 valence electrons. The Morgan fingerprint density at radius 2 is 2.23 bits per heavy atom. The third-order valence-electron chi connectivity index (χ3n) is 4.07. The van der Waals surface area contributed by atoms with Crippen molar-refractivity contribution in [2.24, 2.45) is 0 Å². The monoisotopic (exact) mass is 307 g/mol. The van der Waals surface area contributed by atoms with Crippen LogP contribution in [0.1, 0.15) is 13.8 Å². The molecule has 9 heteroatoms. The summed E-state index contributed by atoms with van der Waals surface area (Å²) >= 11 is 0. The van der Waals surface area contributed by atoms with Crippen molar-refractivity contribution in [1.29, 1.82) is 0 Å². The second-order valence-electron chi connectivity index (χ2n) is 5.96. The summed E-state index contributed by atoms with van der Waals surface area (Å²) in [6.45, 7) is 3.71. The summed E-state index contributed by atoms with van der Waals surface area (Å²) in [5, 5.41) is 9.52. The van der Waals surface area contributed by atoms with E-state index in [1.807, 2.05) is 13.8 Å². The molecule has 3 atom stereocenters. The molecular formula is C13H17N5O4. The number of hydrogen-bond acceptors (Lipinski definition) is 8. The van der Waals surface area contributed by atoms with Crippen molar-refractivity contribution >= 4 is 17.0 Å². The Labute approximate surface area is 126 Å². The maximum Gasteiger partial charge on any atom is 0.203 e. The first-order valence-electron chi connectivity index (χ1n) is 7.01. The Morgan fingerprint density at radius 3 is 3.00 bits per heavy atom. The van der Waals surface area contributed by atoms with Crippen molar-refractivity contribution in [2.45, 2.75) is 37.6 Å². The quantitative estimate of drug-likeness (QED) is 0.770. The van der Waals surface area contributed by atoms with Crippen molar-refractivity contribution in [3.63, 3.8) is 0 Å². The van der Waals surface area contributed by atoms with Gasteiger partial charge in [-0.3, -0.25) is 4.57 Å². The highest BCUT2D eigenvalue weighted by atomic mass is 16.8. The average molecular weight is 307 g/mol. The van der Waals surface area contributed by atoms with E-state index in [0.29, 0.717) is 17.0 Å². The molecular weight excluding hydrogens is 290 g/mol. The summed E-state index contributed by atoms with van der Waals surface area (Å²) in [6, 6.07) is 0. The maximum absolute atomic E-state index is 9.52. The normalized spacial score (nSPS) is 33.4. The highest BCUT2D eigenvalue weighted by Crippen LogP contribution is 2.47. The van der Waals surface area contributed by atoms with E-state index in [4.69, 9.17) is 19.9 Å². The predicted octanol–water partition coefficient (Wildman–Crippen LogP) is -0.396. The van der Waals surface area contributed by atoms with Crippen molar-refractivity contribution < 1.29 is 19.3 Å². The number of hydrogen-bond donors (Lipinski definition) is 2. The molecule has 2 saturated heterocycles. The number of anilines is 1. The number of aromatic nitrogens is 4. The fourth-order valence-corrected chi connectivity index (χ4v) is 3.23. The first kappa shape index (κ1) is 13.8. The van der Waals surface area contributed by atoms with Crippen molar-refractivity contribution in [2.75, 3.05) is 18.9 Å².